The van der Waals surface area contributed by atoms with Crippen LogP contribution in [0.4, 0.5) is 0 Å². The Labute approximate surface area is 109 Å². The summed E-state index contributed by atoms with van der Waals surface area (Å²) in [6, 6.07) is 0.186. The molecule has 1 heterocycles. The highest BCUT2D eigenvalue weighted by Gasteiger charge is 2.23. The number of hydrogen-bond donors (Lipinski definition) is 3. The molecule has 0 aliphatic rings. The molecule has 7 heteroatoms. The third-order valence-electron chi connectivity index (χ3n) is 2.42. The molecule has 2 amide bonds. The summed E-state index contributed by atoms with van der Waals surface area (Å²) in [5, 5.41) is 11.4. The summed E-state index contributed by atoms with van der Waals surface area (Å²) in [6.07, 6.45) is 1.37. The maximum absolute atomic E-state index is 11.8. The summed E-state index contributed by atoms with van der Waals surface area (Å²) in [4.78, 5) is 33.6. The lowest BCUT2D eigenvalue weighted by Crippen LogP contribution is -2.41. The number of rotatable bonds is 6. The summed E-state index contributed by atoms with van der Waals surface area (Å²) in [5.41, 5.74) is 5.04. The molecular formula is C12H16N2O5. The van der Waals surface area contributed by atoms with Crippen molar-refractivity contribution in [3.8, 4) is 0 Å². The fourth-order valence-electron chi connectivity index (χ4n) is 1.52. The Hall–Kier alpha value is -2.31. The lowest BCUT2D eigenvalue weighted by molar-refractivity contribution is -0.139. The SMILES string of the molecule is CC(C)C[C@H](NC(=O)c1coc(C(N)=O)c1)C(=O)O. The number of aliphatic carboxylic acids is 1. The highest BCUT2D eigenvalue weighted by atomic mass is 16.4. The lowest BCUT2D eigenvalue weighted by atomic mass is 10.0. The van der Waals surface area contributed by atoms with E-state index >= 15 is 0 Å². The minimum Gasteiger partial charge on any atom is -0.480 e. The van der Waals surface area contributed by atoms with Crippen molar-refractivity contribution in [2.75, 3.05) is 0 Å². The minimum absolute atomic E-state index is 0.0591. The average molecular weight is 268 g/mol. The van der Waals surface area contributed by atoms with E-state index in [4.69, 9.17) is 15.3 Å². The van der Waals surface area contributed by atoms with Gasteiger partial charge < -0.3 is 20.6 Å². The van der Waals surface area contributed by atoms with Crippen LogP contribution < -0.4 is 11.1 Å². The van der Waals surface area contributed by atoms with E-state index in [2.05, 4.69) is 5.32 Å². The van der Waals surface area contributed by atoms with Gasteiger partial charge in [0.05, 0.1) is 5.56 Å². The third-order valence-corrected chi connectivity index (χ3v) is 2.42. The number of carboxylic acids is 1. The maximum Gasteiger partial charge on any atom is 0.326 e. The zero-order valence-electron chi connectivity index (χ0n) is 10.7. The zero-order valence-corrected chi connectivity index (χ0v) is 10.7. The molecule has 1 aromatic heterocycles. The molecule has 4 N–H and O–H groups in total. The number of carboxylic acid groups (broad SMARTS) is 1. The standard InChI is InChI=1S/C12H16N2O5/c1-6(2)3-8(12(17)18)14-11(16)7-4-9(10(13)15)19-5-7/h4-6,8H,3H2,1-2H3,(H2,13,15)(H,14,16)(H,17,18)/t8-/m0/s1. The van der Waals surface area contributed by atoms with Crippen LogP contribution >= 0.6 is 0 Å². The van der Waals surface area contributed by atoms with Gasteiger partial charge in [-0.2, -0.15) is 0 Å². The van der Waals surface area contributed by atoms with Gasteiger partial charge in [0, 0.05) is 6.07 Å². The summed E-state index contributed by atoms with van der Waals surface area (Å²) in [6.45, 7) is 3.70. The number of amides is 2. The van der Waals surface area contributed by atoms with Crippen LogP contribution in [0.25, 0.3) is 0 Å². The number of nitrogens with one attached hydrogen (secondary N) is 1. The summed E-state index contributed by atoms with van der Waals surface area (Å²) in [5.74, 6) is -2.56. The topological polar surface area (TPSA) is 123 Å². The first-order valence-corrected chi connectivity index (χ1v) is 5.73. The summed E-state index contributed by atoms with van der Waals surface area (Å²) in [7, 11) is 0. The first kappa shape index (κ1) is 14.7. The molecule has 0 aromatic carbocycles. The largest absolute Gasteiger partial charge is 0.480 e. The Kier molecular flexibility index (Phi) is 4.68. The van der Waals surface area contributed by atoms with Gasteiger partial charge in [-0.3, -0.25) is 9.59 Å². The second-order valence-electron chi connectivity index (χ2n) is 4.56. The molecule has 0 fully saturated rings. The van der Waals surface area contributed by atoms with E-state index in [0.717, 1.165) is 6.26 Å². The van der Waals surface area contributed by atoms with Gasteiger partial charge in [-0.1, -0.05) is 13.8 Å². The smallest absolute Gasteiger partial charge is 0.326 e. The number of carbonyl (C=O) groups excluding carboxylic acids is 2. The van der Waals surface area contributed by atoms with Crippen molar-refractivity contribution < 1.29 is 23.9 Å². The molecule has 0 saturated carbocycles. The van der Waals surface area contributed by atoms with Crippen molar-refractivity contribution in [3.63, 3.8) is 0 Å². The molecule has 0 spiro atoms. The second kappa shape index (κ2) is 6.03. The van der Waals surface area contributed by atoms with Crippen LogP contribution in [0.3, 0.4) is 0 Å². The van der Waals surface area contributed by atoms with E-state index < -0.39 is 23.8 Å². The van der Waals surface area contributed by atoms with Gasteiger partial charge in [-0.05, 0) is 12.3 Å². The average Bonchev–Trinajstić information content (AvgIpc) is 2.76. The minimum atomic E-state index is -1.11. The first-order valence-electron chi connectivity index (χ1n) is 5.73. The monoisotopic (exact) mass is 268 g/mol. The zero-order chi connectivity index (χ0) is 14.6. The van der Waals surface area contributed by atoms with Gasteiger partial charge in [-0.15, -0.1) is 0 Å². The number of furan rings is 1. The van der Waals surface area contributed by atoms with Gasteiger partial charge in [0.2, 0.25) is 0 Å². The predicted octanol–water partition coefficient (Wildman–Crippen LogP) is 0.608. The maximum atomic E-state index is 11.8. The highest BCUT2D eigenvalue weighted by molar-refractivity contribution is 5.99. The van der Waals surface area contributed by atoms with Gasteiger partial charge in [0.1, 0.15) is 12.3 Å². The molecule has 0 bridgehead atoms. The van der Waals surface area contributed by atoms with E-state index in [1.807, 2.05) is 13.8 Å². The number of carbonyl (C=O) groups is 3. The van der Waals surface area contributed by atoms with Crippen LogP contribution in [0.15, 0.2) is 16.7 Å². The van der Waals surface area contributed by atoms with Crippen LogP contribution in [0.5, 0.6) is 0 Å². The van der Waals surface area contributed by atoms with Crippen molar-refractivity contribution in [2.24, 2.45) is 11.7 Å². The van der Waals surface area contributed by atoms with E-state index in [1.165, 1.54) is 6.07 Å². The Morgan fingerprint density at radius 1 is 1.42 bits per heavy atom. The van der Waals surface area contributed by atoms with Gasteiger partial charge >= 0.3 is 5.97 Å². The third kappa shape index (κ3) is 4.13. The Morgan fingerprint density at radius 2 is 2.05 bits per heavy atom. The molecule has 0 radical (unpaired) electrons. The van der Waals surface area contributed by atoms with Crippen LogP contribution in [0.2, 0.25) is 0 Å². The molecule has 1 rings (SSSR count). The number of nitrogens with two attached hydrogens (primary N) is 1. The van der Waals surface area contributed by atoms with E-state index in [0.29, 0.717) is 6.42 Å². The Morgan fingerprint density at radius 3 is 2.47 bits per heavy atom. The van der Waals surface area contributed by atoms with Crippen molar-refractivity contribution in [2.45, 2.75) is 26.3 Å². The lowest BCUT2D eigenvalue weighted by Gasteiger charge is -2.15. The number of primary amides is 1. The van der Waals surface area contributed by atoms with Gasteiger partial charge in [0.15, 0.2) is 5.76 Å². The molecule has 0 aliphatic carbocycles. The van der Waals surface area contributed by atoms with Crippen LogP contribution in [0.1, 0.15) is 41.2 Å². The summed E-state index contributed by atoms with van der Waals surface area (Å²) < 4.78 is 4.79. The molecule has 1 aromatic rings. The van der Waals surface area contributed by atoms with Crippen molar-refractivity contribution >= 4 is 17.8 Å². The normalized spacial score (nSPS) is 12.2. The van der Waals surface area contributed by atoms with Gasteiger partial charge in [0.25, 0.3) is 11.8 Å². The molecular weight excluding hydrogens is 252 g/mol. The van der Waals surface area contributed by atoms with Crippen LogP contribution in [-0.2, 0) is 4.79 Å². The van der Waals surface area contributed by atoms with E-state index in [-0.39, 0.29) is 17.2 Å². The Balaban J connectivity index is 2.75. The molecule has 0 unspecified atom stereocenters. The quantitative estimate of drug-likeness (QED) is 0.697. The second-order valence-corrected chi connectivity index (χ2v) is 4.56. The molecule has 1 atom stereocenters. The predicted molar refractivity (Wildman–Crippen MR) is 65.6 cm³/mol. The van der Waals surface area contributed by atoms with Gasteiger partial charge in [-0.25, -0.2) is 4.79 Å². The van der Waals surface area contributed by atoms with Crippen molar-refractivity contribution in [1.29, 1.82) is 0 Å². The van der Waals surface area contributed by atoms with E-state index in [1.54, 1.807) is 0 Å². The van der Waals surface area contributed by atoms with Crippen LogP contribution in [-0.4, -0.2) is 28.9 Å². The fraction of sp³-hybridized carbons (Fsp3) is 0.417. The molecule has 104 valence electrons. The van der Waals surface area contributed by atoms with E-state index in [9.17, 15) is 14.4 Å². The first-order chi connectivity index (χ1) is 8.81. The Bertz CT molecular complexity index is 492. The summed E-state index contributed by atoms with van der Waals surface area (Å²) >= 11 is 0. The molecule has 7 nitrogen and oxygen atoms in total. The highest BCUT2D eigenvalue weighted by Crippen LogP contribution is 2.09. The van der Waals surface area contributed by atoms with Crippen molar-refractivity contribution in [1.82, 2.24) is 5.32 Å². The molecule has 19 heavy (non-hydrogen) atoms. The molecule has 0 aliphatic heterocycles. The number of hydrogen-bond acceptors (Lipinski definition) is 4. The van der Waals surface area contributed by atoms with Crippen LogP contribution in [0, 0.1) is 5.92 Å². The molecule has 0 saturated heterocycles. The fourth-order valence-corrected chi connectivity index (χ4v) is 1.52. The van der Waals surface area contributed by atoms with Crippen molar-refractivity contribution in [3.05, 3.63) is 23.7 Å².